The summed E-state index contributed by atoms with van der Waals surface area (Å²) in [6.45, 7) is 5.85. The van der Waals surface area contributed by atoms with E-state index in [4.69, 9.17) is 5.11 Å². The van der Waals surface area contributed by atoms with E-state index in [1.54, 1.807) is 0 Å². The number of carbonyl (C=O) groups is 2. The molecular formula is C16H23N3O3. The van der Waals surface area contributed by atoms with Crippen LogP contribution in [0, 0.1) is 0 Å². The lowest BCUT2D eigenvalue weighted by atomic mass is 10.2. The van der Waals surface area contributed by atoms with Crippen LogP contribution in [-0.4, -0.2) is 60.6 Å². The predicted octanol–water partition coefficient (Wildman–Crippen LogP) is 0.788. The van der Waals surface area contributed by atoms with Crippen molar-refractivity contribution in [3.63, 3.8) is 0 Å². The van der Waals surface area contributed by atoms with Crippen molar-refractivity contribution in [3.8, 4) is 0 Å². The standard InChI is InChI=1S/C16H23N3O3/c1-13(16(21)22)17-15(20)7-8-18-9-11-19(12-10-18)14-5-3-2-4-6-14/h2-6,13H,7-12H2,1H3,(H,17,20)(H,21,22). The number of rotatable bonds is 6. The highest BCUT2D eigenvalue weighted by atomic mass is 16.4. The largest absolute Gasteiger partial charge is 0.480 e. The number of nitrogens with zero attached hydrogens (tertiary/aromatic N) is 2. The monoisotopic (exact) mass is 305 g/mol. The van der Waals surface area contributed by atoms with Crippen molar-refractivity contribution in [3.05, 3.63) is 30.3 Å². The molecule has 120 valence electrons. The Balaban J connectivity index is 1.69. The first-order chi connectivity index (χ1) is 10.6. The Hall–Kier alpha value is -2.08. The van der Waals surface area contributed by atoms with Crippen LogP contribution >= 0.6 is 0 Å². The smallest absolute Gasteiger partial charge is 0.325 e. The van der Waals surface area contributed by atoms with Gasteiger partial charge in [-0.3, -0.25) is 14.5 Å². The van der Waals surface area contributed by atoms with Crippen molar-refractivity contribution in [2.75, 3.05) is 37.6 Å². The molecule has 0 aliphatic carbocycles. The van der Waals surface area contributed by atoms with Gasteiger partial charge in [0, 0.05) is 44.8 Å². The maximum Gasteiger partial charge on any atom is 0.325 e. The fourth-order valence-corrected chi connectivity index (χ4v) is 2.50. The number of anilines is 1. The number of benzene rings is 1. The molecule has 0 aromatic heterocycles. The maximum atomic E-state index is 11.7. The zero-order valence-electron chi connectivity index (χ0n) is 12.9. The van der Waals surface area contributed by atoms with E-state index in [1.165, 1.54) is 12.6 Å². The van der Waals surface area contributed by atoms with Gasteiger partial charge in [-0.1, -0.05) is 18.2 Å². The molecule has 2 N–H and O–H groups in total. The fourth-order valence-electron chi connectivity index (χ4n) is 2.50. The number of carboxylic acids is 1. The number of carbonyl (C=O) groups excluding carboxylic acids is 1. The van der Waals surface area contributed by atoms with Crippen LogP contribution in [0.25, 0.3) is 0 Å². The van der Waals surface area contributed by atoms with E-state index in [0.717, 1.165) is 26.2 Å². The molecule has 1 unspecified atom stereocenters. The second-order valence-electron chi connectivity index (χ2n) is 5.54. The molecule has 1 aromatic rings. The van der Waals surface area contributed by atoms with Gasteiger partial charge in [-0.2, -0.15) is 0 Å². The second-order valence-corrected chi connectivity index (χ2v) is 5.54. The van der Waals surface area contributed by atoms with Crippen LogP contribution < -0.4 is 10.2 Å². The Bertz CT molecular complexity index is 499. The summed E-state index contributed by atoms with van der Waals surface area (Å²) in [5.41, 5.74) is 1.23. The number of para-hydroxylation sites is 1. The fraction of sp³-hybridized carbons (Fsp3) is 0.500. The third kappa shape index (κ3) is 4.73. The summed E-state index contributed by atoms with van der Waals surface area (Å²) >= 11 is 0. The third-order valence-electron chi connectivity index (χ3n) is 3.90. The SMILES string of the molecule is CC(NC(=O)CCN1CCN(c2ccccc2)CC1)C(=O)O. The van der Waals surface area contributed by atoms with Crippen LogP contribution in [-0.2, 0) is 9.59 Å². The highest BCUT2D eigenvalue weighted by Crippen LogP contribution is 2.15. The average Bonchev–Trinajstić information content (AvgIpc) is 2.54. The van der Waals surface area contributed by atoms with E-state index in [9.17, 15) is 9.59 Å². The first-order valence-corrected chi connectivity index (χ1v) is 7.61. The third-order valence-corrected chi connectivity index (χ3v) is 3.90. The van der Waals surface area contributed by atoms with Gasteiger partial charge in [-0.15, -0.1) is 0 Å². The number of nitrogens with one attached hydrogen (secondary N) is 1. The average molecular weight is 305 g/mol. The van der Waals surface area contributed by atoms with E-state index in [2.05, 4.69) is 27.2 Å². The normalized spacial score (nSPS) is 17.0. The Morgan fingerprint density at radius 1 is 1.18 bits per heavy atom. The topological polar surface area (TPSA) is 72.9 Å². The summed E-state index contributed by atoms with van der Waals surface area (Å²) in [4.78, 5) is 26.9. The molecule has 0 saturated carbocycles. The molecule has 0 radical (unpaired) electrons. The maximum absolute atomic E-state index is 11.7. The predicted molar refractivity (Wildman–Crippen MR) is 85.0 cm³/mol. The molecule has 1 amide bonds. The van der Waals surface area contributed by atoms with Gasteiger partial charge < -0.3 is 15.3 Å². The number of hydrogen-bond donors (Lipinski definition) is 2. The Labute approximate surface area is 130 Å². The minimum atomic E-state index is -1.01. The van der Waals surface area contributed by atoms with Crippen molar-refractivity contribution in [1.29, 1.82) is 0 Å². The van der Waals surface area contributed by atoms with E-state index in [0.29, 0.717) is 13.0 Å². The van der Waals surface area contributed by atoms with E-state index < -0.39 is 12.0 Å². The van der Waals surface area contributed by atoms with Gasteiger partial charge in [0.05, 0.1) is 0 Å². The molecule has 1 saturated heterocycles. The lowest BCUT2D eigenvalue weighted by molar-refractivity contribution is -0.141. The zero-order chi connectivity index (χ0) is 15.9. The van der Waals surface area contributed by atoms with Crippen LogP contribution in [0.2, 0.25) is 0 Å². The van der Waals surface area contributed by atoms with E-state index >= 15 is 0 Å². The van der Waals surface area contributed by atoms with Crippen LogP contribution in [0.3, 0.4) is 0 Å². The van der Waals surface area contributed by atoms with E-state index in [1.807, 2.05) is 18.2 Å². The molecule has 6 nitrogen and oxygen atoms in total. The molecule has 2 rings (SSSR count). The molecule has 0 bridgehead atoms. The minimum absolute atomic E-state index is 0.208. The zero-order valence-corrected chi connectivity index (χ0v) is 12.9. The van der Waals surface area contributed by atoms with Gasteiger partial charge in [0.1, 0.15) is 6.04 Å². The Morgan fingerprint density at radius 3 is 2.41 bits per heavy atom. The molecule has 1 atom stereocenters. The van der Waals surface area contributed by atoms with Crippen molar-refractivity contribution in [2.45, 2.75) is 19.4 Å². The molecule has 1 aliphatic rings. The van der Waals surface area contributed by atoms with Gasteiger partial charge in [-0.25, -0.2) is 0 Å². The minimum Gasteiger partial charge on any atom is -0.480 e. The number of piperazine rings is 1. The molecule has 1 aliphatic heterocycles. The molecule has 1 aromatic carbocycles. The van der Waals surface area contributed by atoms with E-state index in [-0.39, 0.29) is 5.91 Å². The van der Waals surface area contributed by atoms with Crippen molar-refractivity contribution < 1.29 is 14.7 Å². The van der Waals surface area contributed by atoms with Gasteiger partial charge in [0.2, 0.25) is 5.91 Å². The summed E-state index contributed by atoms with van der Waals surface area (Å²) in [7, 11) is 0. The van der Waals surface area contributed by atoms with Crippen molar-refractivity contribution in [1.82, 2.24) is 10.2 Å². The molecule has 22 heavy (non-hydrogen) atoms. The Morgan fingerprint density at radius 2 is 1.82 bits per heavy atom. The lowest BCUT2D eigenvalue weighted by Crippen LogP contribution is -2.47. The summed E-state index contributed by atoms with van der Waals surface area (Å²) < 4.78 is 0. The summed E-state index contributed by atoms with van der Waals surface area (Å²) in [5, 5.41) is 11.2. The second kappa shape index (κ2) is 7.79. The van der Waals surface area contributed by atoms with Gasteiger partial charge in [0.15, 0.2) is 0 Å². The number of amides is 1. The number of hydrogen-bond acceptors (Lipinski definition) is 4. The molecular weight excluding hydrogens is 282 g/mol. The Kier molecular flexibility index (Phi) is 5.77. The van der Waals surface area contributed by atoms with Crippen LogP contribution in [0.1, 0.15) is 13.3 Å². The van der Waals surface area contributed by atoms with Crippen LogP contribution in [0.5, 0.6) is 0 Å². The molecule has 1 fully saturated rings. The first kappa shape index (κ1) is 16.3. The van der Waals surface area contributed by atoms with Crippen molar-refractivity contribution >= 4 is 17.6 Å². The summed E-state index contributed by atoms with van der Waals surface area (Å²) in [5.74, 6) is -1.22. The van der Waals surface area contributed by atoms with Gasteiger partial charge >= 0.3 is 5.97 Å². The summed E-state index contributed by atoms with van der Waals surface area (Å²) in [6.07, 6.45) is 0.336. The highest BCUT2D eigenvalue weighted by molar-refractivity contribution is 5.83. The quantitative estimate of drug-likeness (QED) is 0.813. The number of aliphatic carboxylic acids is 1. The first-order valence-electron chi connectivity index (χ1n) is 7.61. The molecule has 6 heteroatoms. The number of carboxylic acid groups (broad SMARTS) is 1. The van der Waals surface area contributed by atoms with Gasteiger partial charge in [-0.05, 0) is 19.1 Å². The molecule has 1 heterocycles. The van der Waals surface area contributed by atoms with Gasteiger partial charge in [0.25, 0.3) is 0 Å². The van der Waals surface area contributed by atoms with Crippen LogP contribution in [0.4, 0.5) is 5.69 Å². The molecule has 0 spiro atoms. The van der Waals surface area contributed by atoms with Crippen LogP contribution in [0.15, 0.2) is 30.3 Å². The summed E-state index contributed by atoms with van der Waals surface area (Å²) in [6, 6.07) is 9.47. The van der Waals surface area contributed by atoms with Crippen molar-refractivity contribution in [2.24, 2.45) is 0 Å². The lowest BCUT2D eigenvalue weighted by Gasteiger charge is -2.36. The highest BCUT2D eigenvalue weighted by Gasteiger charge is 2.19.